The first-order chi connectivity index (χ1) is 9.74. The van der Waals surface area contributed by atoms with Gasteiger partial charge in [0, 0.05) is 4.47 Å². The molecule has 0 atom stereocenters. The Bertz CT molecular complexity index is 814. The fourth-order valence-corrected chi connectivity index (χ4v) is 3.71. The highest BCUT2D eigenvalue weighted by Gasteiger charge is 2.28. The number of carbonyl (C=O) groups is 1. The van der Waals surface area contributed by atoms with Crippen LogP contribution in [0.1, 0.15) is 21.7 Å². The Hall–Kier alpha value is -1.87. The van der Waals surface area contributed by atoms with Crippen LogP contribution in [0.25, 0.3) is 0 Å². The van der Waals surface area contributed by atoms with Crippen LogP contribution < -0.4 is 4.72 Å². The monoisotopic (exact) mass is 373 g/mol. The highest BCUT2D eigenvalue weighted by Crippen LogP contribution is 2.29. The van der Waals surface area contributed by atoms with Gasteiger partial charge >= 0.3 is 5.97 Å². The van der Waals surface area contributed by atoms with Crippen molar-refractivity contribution in [2.75, 3.05) is 4.72 Å². The fraction of sp³-hybridized carbons (Fsp3) is 0.167. The second-order valence-electron chi connectivity index (χ2n) is 4.37. The van der Waals surface area contributed by atoms with Crippen molar-refractivity contribution >= 4 is 37.6 Å². The van der Waals surface area contributed by atoms with Gasteiger partial charge in [-0.3, -0.25) is 9.82 Å². The summed E-state index contributed by atoms with van der Waals surface area (Å²) < 4.78 is 27.8. The molecule has 0 saturated carbocycles. The first kappa shape index (κ1) is 15.5. The van der Waals surface area contributed by atoms with Crippen molar-refractivity contribution in [2.45, 2.75) is 18.7 Å². The molecule has 1 aromatic carbocycles. The van der Waals surface area contributed by atoms with Crippen LogP contribution in [0.5, 0.6) is 0 Å². The average molecular weight is 374 g/mol. The van der Waals surface area contributed by atoms with Gasteiger partial charge in [-0.2, -0.15) is 5.10 Å². The summed E-state index contributed by atoms with van der Waals surface area (Å²) in [5.41, 5.74) is 0.789. The predicted octanol–water partition coefficient (Wildman–Crippen LogP) is 2.29. The third-order valence-corrected chi connectivity index (χ3v) is 5.38. The van der Waals surface area contributed by atoms with E-state index >= 15 is 0 Å². The first-order valence-corrected chi connectivity index (χ1v) is 8.08. The number of aromatic nitrogens is 2. The van der Waals surface area contributed by atoms with Crippen molar-refractivity contribution in [3.05, 3.63) is 39.6 Å². The molecule has 0 aliphatic rings. The smallest absolute Gasteiger partial charge is 0.357 e. The second-order valence-corrected chi connectivity index (χ2v) is 6.79. The van der Waals surface area contributed by atoms with E-state index in [1.54, 1.807) is 12.1 Å². The number of nitrogens with one attached hydrogen (secondary N) is 2. The van der Waals surface area contributed by atoms with Gasteiger partial charge in [0.1, 0.15) is 4.90 Å². The van der Waals surface area contributed by atoms with E-state index in [0.717, 1.165) is 5.56 Å². The van der Waals surface area contributed by atoms with E-state index in [1.807, 2.05) is 13.0 Å². The highest BCUT2D eigenvalue weighted by molar-refractivity contribution is 9.10. The minimum Gasteiger partial charge on any atom is -0.476 e. The van der Waals surface area contributed by atoms with E-state index in [-0.39, 0.29) is 10.6 Å². The Morgan fingerprint density at radius 2 is 2.05 bits per heavy atom. The second kappa shape index (κ2) is 5.49. The van der Waals surface area contributed by atoms with Gasteiger partial charge in [-0.25, -0.2) is 13.2 Å². The van der Waals surface area contributed by atoms with E-state index < -0.39 is 21.7 Å². The normalized spacial score (nSPS) is 11.4. The quantitative estimate of drug-likeness (QED) is 0.760. The van der Waals surface area contributed by atoms with E-state index in [4.69, 9.17) is 5.11 Å². The van der Waals surface area contributed by atoms with Crippen LogP contribution in [0.3, 0.4) is 0 Å². The van der Waals surface area contributed by atoms with Crippen molar-refractivity contribution in [3.63, 3.8) is 0 Å². The Morgan fingerprint density at radius 1 is 1.38 bits per heavy atom. The lowest BCUT2D eigenvalue weighted by atomic mass is 10.2. The number of carboxylic acids is 1. The van der Waals surface area contributed by atoms with Crippen LogP contribution in [0.4, 0.5) is 5.69 Å². The lowest BCUT2D eigenvalue weighted by Gasteiger charge is -2.11. The third kappa shape index (κ3) is 2.93. The molecule has 2 aromatic rings. The molecule has 0 fully saturated rings. The lowest BCUT2D eigenvalue weighted by Crippen LogP contribution is -2.17. The summed E-state index contributed by atoms with van der Waals surface area (Å²) in [7, 11) is -4.07. The van der Waals surface area contributed by atoms with Crippen molar-refractivity contribution in [1.82, 2.24) is 10.2 Å². The van der Waals surface area contributed by atoms with E-state index in [1.165, 1.54) is 6.92 Å². The van der Waals surface area contributed by atoms with Gasteiger partial charge in [0.25, 0.3) is 10.0 Å². The summed E-state index contributed by atoms with van der Waals surface area (Å²) in [5, 5.41) is 14.9. The van der Waals surface area contributed by atoms with Crippen molar-refractivity contribution in [2.24, 2.45) is 0 Å². The van der Waals surface area contributed by atoms with E-state index in [0.29, 0.717) is 10.2 Å². The molecule has 0 aliphatic carbocycles. The standard InChI is InChI=1S/C12H12BrN3O4S/c1-6-4-3-5-8(9(6)13)16-21(19,20)11-7(2)14-15-10(11)12(17)18/h3-5,16H,1-2H3,(H,14,15)(H,17,18). The predicted molar refractivity (Wildman–Crippen MR) is 80.0 cm³/mol. The van der Waals surface area contributed by atoms with Crippen LogP contribution >= 0.6 is 15.9 Å². The van der Waals surface area contributed by atoms with Crippen molar-refractivity contribution in [1.29, 1.82) is 0 Å². The zero-order valence-corrected chi connectivity index (χ0v) is 13.5. The number of sulfonamides is 1. The number of H-pyrrole nitrogens is 1. The molecule has 9 heteroatoms. The van der Waals surface area contributed by atoms with Crippen molar-refractivity contribution < 1.29 is 18.3 Å². The average Bonchev–Trinajstić information content (AvgIpc) is 2.78. The molecule has 0 saturated heterocycles. The Kier molecular flexibility index (Phi) is 4.06. The number of rotatable bonds is 4. The molecule has 0 bridgehead atoms. The summed E-state index contributed by atoms with van der Waals surface area (Å²) in [6.45, 7) is 3.26. The number of hydrogen-bond donors (Lipinski definition) is 3. The Balaban J connectivity index is 2.51. The molecule has 1 heterocycles. The third-order valence-electron chi connectivity index (χ3n) is 2.80. The van der Waals surface area contributed by atoms with Gasteiger partial charge in [0.15, 0.2) is 5.69 Å². The zero-order chi connectivity index (χ0) is 15.8. The lowest BCUT2D eigenvalue weighted by molar-refractivity contribution is 0.0686. The maximum absolute atomic E-state index is 12.4. The number of halogens is 1. The number of benzene rings is 1. The van der Waals surface area contributed by atoms with Crippen molar-refractivity contribution in [3.8, 4) is 0 Å². The zero-order valence-electron chi connectivity index (χ0n) is 11.1. The molecule has 112 valence electrons. The van der Waals surface area contributed by atoms with Crippen LogP contribution in [-0.4, -0.2) is 29.7 Å². The summed E-state index contributed by atoms with van der Waals surface area (Å²) >= 11 is 3.30. The summed E-state index contributed by atoms with van der Waals surface area (Å²) in [4.78, 5) is 10.7. The number of aromatic amines is 1. The fourth-order valence-electron chi connectivity index (χ4n) is 1.81. The molecule has 3 N–H and O–H groups in total. The molecular weight excluding hydrogens is 362 g/mol. The minimum atomic E-state index is -4.07. The first-order valence-electron chi connectivity index (χ1n) is 5.80. The molecule has 0 unspecified atom stereocenters. The molecule has 21 heavy (non-hydrogen) atoms. The van der Waals surface area contributed by atoms with Gasteiger partial charge < -0.3 is 5.11 Å². The van der Waals surface area contributed by atoms with E-state index in [9.17, 15) is 13.2 Å². The van der Waals surface area contributed by atoms with Gasteiger partial charge in [0.05, 0.1) is 11.4 Å². The minimum absolute atomic E-state index is 0.156. The summed E-state index contributed by atoms with van der Waals surface area (Å²) in [6, 6.07) is 5.08. The van der Waals surface area contributed by atoms with Crippen LogP contribution in [0.2, 0.25) is 0 Å². The molecule has 1 aromatic heterocycles. The molecule has 0 amide bonds. The largest absolute Gasteiger partial charge is 0.476 e. The maximum atomic E-state index is 12.4. The number of nitrogens with zero attached hydrogens (tertiary/aromatic N) is 1. The van der Waals surface area contributed by atoms with E-state index in [2.05, 4.69) is 30.8 Å². The molecule has 0 spiro atoms. The van der Waals surface area contributed by atoms with Gasteiger partial charge in [0.2, 0.25) is 0 Å². The SMILES string of the molecule is Cc1cccc(NS(=O)(=O)c2c(C(=O)O)n[nH]c2C)c1Br. The Morgan fingerprint density at radius 3 is 2.67 bits per heavy atom. The number of anilines is 1. The summed E-state index contributed by atoms with van der Waals surface area (Å²) in [5.74, 6) is -1.41. The van der Waals surface area contributed by atoms with Gasteiger partial charge in [-0.15, -0.1) is 0 Å². The number of aromatic carboxylic acids is 1. The highest BCUT2D eigenvalue weighted by atomic mass is 79.9. The molecule has 0 aliphatic heterocycles. The topological polar surface area (TPSA) is 112 Å². The number of carboxylic acid groups (broad SMARTS) is 1. The molecule has 7 nitrogen and oxygen atoms in total. The molecule has 2 rings (SSSR count). The molecular formula is C12H12BrN3O4S. The van der Waals surface area contributed by atoms with Gasteiger partial charge in [-0.05, 0) is 41.4 Å². The number of hydrogen-bond acceptors (Lipinski definition) is 4. The number of aryl methyl sites for hydroxylation is 2. The van der Waals surface area contributed by atoms with Crippen LogP contribution in [0.15, 0.2) is 27.6 Å². The van der Waals surface area contributed by atoms with Gasteiger partial charge in [-0.1, -0.05) is 12.1 Å². The van der Waals surface area contributed by atoms with Crippen LogP contribution in [0, 0.1) is 13.8 Å². The molecule has 0 radical (unpaired) electrons. The maximum Gasteiger partial charge on any atom is 0.357 e. The Labute approximate surface area is 129 Å². The summed E-state index contributed by atoms with van der Waals surface area (Å²) in [6.07, 6.45) is 0. The van der Waals surface area contributed by atoms with Crippen LogP contribution in [-0.2, 0) is 10.0 Å².